The van der Waals surface area contributed by atoms with Gasteiger partial charge in [-0.3, -0.25) is 14.5 Å². The zero-order valence-electron chi connectivity index (χ0n) is 20.1. The van der Waals surface area contributed by atoms with Gasteiger partial charge in [0.15, 0.2) is 0 Å². The van der Waals surface area contributed by atoms with Crippen LogP contribution in [0.3, 0.4) is 0 Å². The van der Waals surface area contributed by atoms with Crippen LogP contribution in [0.25, 0.3) is 22.4 Å². The average Bonchev–Trinajstić information content (AvgIpc) is 3.29. The third-order valence-corrected chi connectivity index (χ3v) is 5.82. The standard InChI is InChI=1S/C28H29FN4O2/c1-18(2)33-17-25(27(32-33)20-8-10-22(29)11-9-20)21-12-13-30-23(15-21)14-19(3)16-31-28(35)24-6-4-5-7-26(24)34/h4-13,15,17-19,34H,14,16H2,1-3H3,(H,31,35). The molecular formula is C28H29FN4O2. The number of rotatable bonds is 8. The van der Waals surface area contributed by atoms with Crippen molar-refractivity contribution in [3.63, 3.8) is 0 Å². The number of hydrogen-bond donors (Lipinski definition) is 2. The fraction of sp³-hybridized carbons (Fsp3) is 0.250. The predicted octanol–water partition coefficient (Wildman–Crippen LogP) is 5.65. The third-order valence-electron chi connectivity index (χ3n) is 5.82. The van der Waals surface area contributed by atoms with Crippen molar-refractivity contribution in [1.29, 1.82) is 0 Å². The quantitative estimate of drug-likeness (QED) is 0.347. The lowest BCUT2D eigenvalue weighted by Gasteiger charge is -2.13. The molecule has 4 aromatic rings. The Balaban J connectivity index is 1.51. The number of phenols is 1. The van der Waals surface area contributed by atoms with E-state index in [0.717, 1.165) is 28.1 Å². The molecule has 0 aliphatic carbocycles. The van der Waals surface area contributed by atoms with Crippen LogP contribution in [0.1, 0.15) is 42.9 Å². The van der Waals surface area contributed by atoms with Gasteiger partial charge in [-0.25, -0.2) is 4.39 Å². The lowest BCUT2D eigenvalue weighted by atomic mass is 9.99. The van der Waals surface area contributed by atoms with E-state index in [9.17, 15) is 14.3 Å². The topological polar surface area (TPSA) is 80.0 Å². The SMILES string of the molecule is CC(CNC(=O)c1ccccc1O)Cc1cc(-c2cn(C(C)C)nc2-c2ccc(F)cc2)ccn1. The highest BCUT2D eigenvalue weighted by molar-refractivity contribution is 5.96. The van der Waals surface area contributed by atoms with E-state index in [4.69, 9.17) is 5.10 Å². The number of nitrogens with zero attached hydrogens (tertiary/aromatic N) is 3. The Hall–Kier alpha value is -4.00. The van der Waals surface area contributed by atoms with Crippen molar-refractivity contribution in [3.8, 4) is 28.1 Å². The predicted molar refractivity (Wildman–Crippen MR) is 135 cm³/mol. The minimum absolute atomic E-state index is 0.0362. The van der Waals surface area contributed by atoms with E-state index in [1.54, 1.807) is 36.5 Å². The molecule has 0 radical (unpaired) electrons. The number of amides is 1. The summed E-state index contributed by atoms with van der Waals surface area (Å²) in [6.07, 6.45) is 4.46. The first-order valence-corrected chi connectivity index (χ1v) is 11.7. The van der Waals surface area contributed by atoms with E-state index in [2.05, 4.69) is 24.1 Å². The molecule has 2 heterocycles. The monoisotopic (exact) mass is 472 g/mol. The number of pyridine rings is 1. The zero-order valence-corrected chi connectivity index (χ0v) is 20.1. The number of carbonyl (C=O) groups is 1. The van der Waals surface area contributed by atoms with Gasteiger partial charge < -0.3 is 10.4 Å². The summed E-state index contributed by atoms with van der Waals surface area (Å²) in [6, 6.07) is 17.0. The van der Waals surface area contributed by atoms with E-state index < -0.39 is 0 Å². The number of para-hydroxylation sites is 1. The van der Waals surface area contributed by atoms with Gasteiger partial charge in [-0.1, -0.05) is 19.1 Å². The molecule has 0 spiro atoms. The Morgan fingerprint density at radius 3 is 2.51 bits per heavy atom. The molecular weight excluding hydrogens is 443 g/mol. The molecule has 1 atom stereocenters. The number of aromatic hydroxyl groups is 1. The van der Waals surface area contributed by atoms with Crippen molar-refractivity contribution in [2.75, 3.05) is 6.54 Å². The molecule has 1 unspecified atom stereocenters. The highest BCUT2D eigenvalue weighted by Gasteiger charge is 2.17. The molecule has 180 valence electrons. The first kappa shape index (κ1) is 24.1. The smallest absolute Gasteiger partial charge is 0.255 e. The number of carbonyl (C=O) groups excluding carboxylic acids is 1. The highest BCUT2D eigenvalue weighted by atomic mass is 19.1. The molecule has 0 aliphatic rings. The lowest BCUT2D eigenvalue weighted by molar-refractivity contribution is 0.0945. The number of phenolic OH excluding ortho intramolecular Hbond substituents is 1. The van der Waals surface area contributed by atoms with Crippen molar-refractivity contribution < 1.29 is 14.3 Å². The fourth-order valence-corrected chi connectivity index (χ4v) is 3.90. The summed E-state index contributed by atoms with van der Waals surface area (Å²) in [5.74, 6) is -0.497. The normalized spacial score (nSPS) is 12.0. The number of aromatic nitrogens is 3. The first-order valence-electron chi connectivity index (χ1n) is 11.7. The van der Waals surface area contributed by atoms with E-state index in [1.807, 2.05) is 29.9 Å². The molecule has 0 saturated carbocycles. The van der Waals surface area contributed by atoms with Crippen LogP contribution in [0.2, 0.25) is 0 Å². The molecule has 7 heteroatoms. The maximum atomic E-state index is 13.5. The van der Waals surface area contributed by atoms with E-state index in [1.165, 1.54) is 18.2 Å². The molecule has 0 aliphatic heterocycles. The van der Waals surface area contributed by atoms with Gasteiger partial charge in [-0.05, 0) is 80.3 Å². The molecule has 2 aromatic carbocycles. The van der Waals surface area contributed by atoms with Gasteiger partial charge in [0.25, 0.3) is 5.91 Å². The molecule has 1 amide bonds. The van der Waals surface area contributed by atoms with Crippen molar-refractivity contribution in [1.82, 2.24) is 20.1 Å². The molecule has 0 saturated heterocycles. The zero-order chi connectivity index (χ0) is 24.9. The van der Waals surface area contributed by atoms with E-state index in [0.29, 0.717) is 13.0 Å². The van der Waals surface area contributed by atoms with Crippen molar-refractivity contribution in [3.05, 3.63) is 90.1 Å². The van der Waals surface area contributed by atoms with Gasteiger partial charge >= 0.3 is 0 Å². The summed E-state index contributed by atoms with van der Waals surface area (Å²) in [6.45, 7) is 6.62. The average molecular weight is 473 g/mol. The van der Waals surface area contributed by atoms with Gasteiger partial charge in [-0.15, -0.1) is 0 Å². The summed E-state index contributed by atoms with van der Waals surface area (Å²) in [5.41, 5.74) is 4.73. The molecule has 6 nitrogen and oxygen atoms in total. The second-order valence-corrected chi connectivity index (χ2v) is 9.04. The van der Waals surface area contributed by atoms with Crippen LogP contribution < -0.4 is 5.32 Å². The van der Waals surface area contributed by atoms with Gasteiger partial charge in [-0.2, -0.15) is 5.10 Å². The van der Waals surface area contributed by atoms with Crippen molar-refractivity contribution in [2.24, 2.45) is 5.92 Å². The summed E-state index contributed by atoms with van der Waals surface area (Å²) < 4.78 is 15.4. The van der Waals surface area contributed by atoms with Crippen LogP contribution in [-0.2, 0) is 6.42 Å². The Labute approximate surface area is 204 Å². The van der Waals surface area contributed by atoms with Crippen LogP contribution >= 0.6 is 0 Å². The second-order valence-electron chi connectivity index (χ2n) is 9.04. The molecule has 0 bridgehead atoms. The molecule has 0 fully saturated rings. The third kappa shape index (κ3) is 5.74. The maximum Gasteiger partial charge on any atom is 0.255 e. The van der Waals surface area contributed by atoms with Crippen LogP contribution in [0.15, 0.2) is 73.1 Å². The summed E-state index contributed by atoms with van der Waals surface area (Å²) in [7, 11) is 0. The van der Waals surface area contributed by atoms with E-state index in [-0.39, 0.29) is 35.0 Å². The summed E-state index contributed by atoms with van der Waals surface area (Å²) in [4.78, 5) is 16.9. The van der Waals surface area contributed by atoms with E-state index >= 15 is 0 Å². The Morgan fingerprint density at radius 1 is 1.06 bits per heavy atom. The van der Waals surface area contributed by atoms with Gasteiger partial charge in [0.1, 0.15) is 17.3 Å². The first-order chi connectivity index (χ1) is 16.8. The van der Waals surface area contributed by atoms with Gasteiger partial charge in [0, 0.05) is 41.8 Å². The minimum Gasteiger partial charge on any atom is -0.507 e. The molecule has 2 N–H and O–H groups in total. The second kappa shape index (κ2) is 10.5. The number of halogens is 1. The number of hydrogen-bond acceptors (Lipinski definition) is 4. The summed E-state index contributed by atoms with van der Waals surface area (Å²) in [5, 5.41) is 17.5. The number of benzene rings is 2. The maximum absolute atomic E-state index is 13.5. The Kier molecular flexibility index (Phi) is 7.25. The number of nitrogens with one attached hydrogen (secondary N) is 1. The van der Waals surface area contributed by atoms with Crippen molar-refractivity contribution >= 4 is 5.91 Å². The Bertz CT molecular complexity index is 1310. The van der Waals surface area contributed by atoms with Gasteiger partial charge in [0.05, 0.1) is 5.56 Å². The largest absolute Gasteiger partial charge is 0.507 e. The molecule has 4 rings (SSSR count). The van der Waals surface area contributed by atoms with Crippen LogP contribution in [0, 0.1) is 11.7 Å². The fourth-order valence-electron chi connectivity index (χ4n) is 3.90. The summed E-state index contributed by atoms with van der Waals surface area (Å²) >= 11 is 0. The van der Waals surface area contributed by atoms with Crippen molar-refractivity contribution in [2.45, 2.75) is 33.2 Å². The highest BCUT2D eigenvalue weighted by Crippen LogP contribution is 2.32. The molecule has 2 aromatic heterocycles. The van der Waals surface area contributed by atoms with Crippen LogP contribution in [-0.4, -0.2) is 32.3 Å². The minimum atomic E-state index is -0.304. The van der Waals surface area contributed by atoms with Crippen LogP contribution in [0.5, 0.6) is 5.75 Å². The Morgan fingerprint density at radius 2 is 1.80 bits per heavy atom. The van der Waals surface area contributed by atoms with Crippen LogP contribution in [0.4, 0.5) is 4.39 Å². The lowest BCUT2D eigenvalue weighted by Crippen LogP contribution is -2.29. The molecule has 35 heavy (non-hydrogen) atoms. The van der Waals surface area contributed by atoms with Gasteiger partial charge in [0.2, 0.25) is 0 Å².